The minimum atomic E-state index is -0.555. The standard InChI is InChI=1S/C7H6N4O2S/c1-13-6(12)5-9-4-11(10-5)7-8-2-3-14-7/h2-4H,1H3. The van der Waals surface area contributed by atoms with Crippen LogP contribution >= 0.6 is 11.3 Å². The average Bonchev–Trinajstić information content (AvgIpc) is 2.86. The van der Waals surface area contributed by atoms with E-state index in [0.29, 0.717) is 5.13 Å². The van der Waals surface area contributed by atoms with E-state index in [1.54, 1.807) is 6.20 Å². The summed E-state index contributed by atoms with van der Waals surface area (Å²) in [6.07, 6.45) is 3.07. The van der Waals surface area contributed by atoms with Crippen molar-refractivity contribution in [1.82, 2.24) is 19.7 Å². The summed E-state index contributed by atoms with van der Waals surface area (Å²) in [5.41, 5.74) is 0. The summed E-state index contributed by atoms with van der Waals surface area (Å²) < 4.78 is 5.90. The maximum atomic E-state index is 11.0. The minimum Gasteiger partial charge on any atom is -0.463 e. The van der Waals surface area contributed by atoms with E-state index in [2.05, 4.69) is 19.8 Å². The molecule has 2 aromatic heterocycles. The van der Waals surface area contributed by atoms with Crippen LogP contribution < -0.4 is 0 Å². The van der Waals surface area contributed by atoms with E-state index in [9.17, 15) is 4.79 Å². The molecule has 0 N–H and O–H groups in total. The van der Waals surface area contributed by atoms with E-state index < -0.39 is 5.97 Å². The Labute approximate surface area is 83.2 Å². The normalized spacial score (nSPS) is 10.1. The van der Waals surface area contributed by atoms with Gasteiger partial charge in [-0.05, 0) is 0 Å². The summed E-state index contributed by atoms with van der Waals surface area (Å²) in [6.45, 7) is 0. The zero-order valence-corrected chi connectivity index (χ0v) is 8.06. The largest absolute Gasteiger partial charge is 0.463 e. The van der Waals surface area contributed by atoms with Gasteiger partial charge in [0.1, 0.15) is 6.33 Å². The molecule has 2 aromatic rings. The fourth-order valence-corrected chi connectivity index (χ4v) is 1.43. The molecule has 0 aliphatic rings. The van der Waals surface area contributed by atoms with Crippen LogP contribution in [-0.2, 0) is 4.74 Å². The van der Waals surface area contributed by atoms with Gasteiger partial charge in [0, 0.05) is 11.6 Å². The molecule has 6 nitrogen and oxygen atoms in total. The van der Waals surface area contributed by atoms with Crippen molar-refractivity contribution in [2.75, 3.05) is 7.11 Å². The van der Waals surface area contributed by atoms with Crippen molar-refractivity contribution in [2.24, 2.45) is 0 Å². The minimum absolute atomic E-state index is 0.0303. The maximum absolute atomic E-state index is 11.0. The van der Waals surface area contributed by atoms with Gasteiger partial charge in [-0.2, -0.15) is 4.68 Å². The summed E-state index contributed by atoms with van der Waals surface area (Å²) in [4.78, 5) is 18.8. The van der Waals surface area contributed by atoms with Gasteiger partial charge in [-0.1, -0.05) is 0 Å². The zero-order valence-electron chi connectivity index (χ0n) is 7.25. The third-order valence-electron chi connectivity index (χ3n) is 1.48. The Balaban J connectivity index is 2.31. The molecule has 0 aliphatic carbocycles. The number of methoxy groups -OCH3 is 1. The number of thiazole rings is 1. The highest BCUT2D eigenvalue weighted by Crippen LogP contribution is 2.08. The Morgan fingerprint density at radius 1 is 1.57 bits per heavy atom. The van der Waals surface area contributed by atoms with Crippen LogP contribution in [0.3, 0.4) is 0 Å². The van der Waals surface area contributed by atoms with E-state index >= 15 is 0 Å². The van der Waals surface area contributed by atoms with Crippen LogP contribution in [0.25, 0.3) is 5.13 Å². The lowest BCUT2D eigenvalue weighted by molar-refractivity contribution is 0.0587. The van der Waals surface area contributed by atoms with Crippen molar-refractivity contribution in [3.8, 4) is 5.13 Å². The summed E-state index contributed by atoms with van der Waals surface area (Å²) in [6, 6.07) is 0. The molecule has 2 heterocycles. The van der Waals surface area contributed by atoms with E-state index in [4.69, 9.17) is 0 Å². The van der Waals surface area contributed by atoms with Crippen LogP contribution in [0.5, 0.6) is 0 Å². The molecule has 2 rings (SSSR count). The quantitative estimate of drug-likeness (QED) is 0.675. The molecule has 0 fully saturated rings. The highest BCUT2D eigenvalue weighted by molar-refractivity contribution is 7.12. The van der Waals surface area contributed by atoms with Crippen LogP contribution in [0, 0.1) is 0 Å². The fraction of sp³-hybridized carbons (Fsp3) is 0.143. The molecular weight excluding hydrogens is 204 g/mol. The summed E-state index contributed by atoms with van der Waals surface area (Å²) in [7, 11) is 1.28. The molecule has 0 spiro atoms. The van der Waals surface area contributed by atoms with E-state index in [0.717, 1.165) is 0 Å². The molecule has 72 valence electrons. The first kappa shape index (κ1) is 8.82. The Hall–Kier alpha value is -1.76. The lowest BCUT2D eigenvalue weighted by atomic mass is 10.6. The van der Waals surface area contributed by atoms with Gasteiger partial charge in [-0.3, -0.25) is 0 Å². The Kier molecular flexibility index (Phi) is 2.23. The number of esters is 1. The SMILES string of the molecule is COC(=O)c1ncn(-c2nccs2)n1. The highest BCUT2D eigenvalue weighted by Gasteiger charge is 2.12. The third kappa shape index (κ3) is 1.49. The van der Waals surface area contributed by atoms with Crippen LogP contribution in [0.15, 0.2) is 17.9 Å². The molecule has 0 saturated heterocycles. The monoisotopic (exact) mass is 210 g/mol. The van der Waals surface area contributed by atoms with Gasteiger partial charge in [0.15, 0.2) is 0 Å². The smallest absolute Gasteiger partial charge is 0.377 e. The van der Waals surface area contributed by atoms with E-state index in [-0.39, 0.29) is 5.82 Å². The predicted molar refractivity (Wildman–Crippen MR) is 48.4 cm³/mol. The van der Waals surface area contributed by atoms with Crippen LogP contribution in [0.2, 0.25) is 0 Å². The molecule has 0 aliphatic heterocycles. The van der Waals surface area contributed by atoms with Gasteiger partial charge in [-0.15, -0.1) is 16.4 Å². The van der Waals surface area contributed by atoms with Crippen molar-refractivity contribution < 1.29 is 9.53 Å². The van der Waals surface area contributed by atoms with E-state index in [1.165, 1.54) is 29.5 Å². The zero-order chi connectivity index (χ0) is 9.97. The van der Waals surface area contributed by atoms with Gasteiger partial charge in [0.2, 0.25) is 5.13 Å². The number of rotatable bonds is 2. The van der Waals surface area contributed by atoms with Gasteiger partial charge in [0.05, 0.1) is 7.11 Å². The number of nitrogens with zero attached hydrogens (tertiary/aromatic N) is 4. The summed E-state index contributed by atoms with van der Waals surface area (Å²) in [5, 5.41) is 6.38. The van der Waals surface area contributed by atoms with Crippen molar-refractivity contribution in [2.45, 2.75) is 0 Å². The second-order valence-corrected chi connectivity index (χ2v) is 3.19. The molecule has 0 atom stereocenters. The number of aromatic nitrogens is 4. The molecule has 7 heteroatoms. The molecule has 0 bridgehead atoms. The van der Waals surface area contributed by atoms with Crippen molar-refractivity contribution in [1.29, 1.82) is 0 Å². The summed E-state index contributed by atoms with van der Waals surface area (Å²) >= 11 is 1.41. The van der Waals surface area contributed by atoms with Gasteiger partial charge >= 0.3 is 5.97 Å². The Morgan fingerprint density at radius 3 is 3.07 bits per heavy atom. The molecule has 14 heavy (non-hydrogen) atoms. The van der Waals surface area contributed by atoms with Crippen molar-refractivity contribution in [3.63, 3.8) is 0 Å². The lowest BCUT2D eigenvalue weighted by Gasteiger charge is -1.91. The Bertz CT molecular complexity index is 436. The number of carbonyl (C=O) groups is 1. The second kappa shape index (κ2) is 3.54. The van der Waals surface area contributed by atoms with Gasteiger partial charge in [-0.25, -0.2) is 14.8 Å². The maximum Gasteiger partial charge on any atom is 0.377 e. The number of carbonyl (C=O) groups excluding carboxylic acids is 1. The average molecular weight is 210 g/mol. The Morgan fingerprint density at radius 2 is 2.43 bits per heavy atom. The first-order chi connectivity index (χ1) is 6.81. The molecular formula is C7H6N4O2S. The van der Waals surface area contributed by atoms with E-state index in [1.807, 2.05) is 5.38 Å². The predicted octanol–water partition coefficient (Wildman–Crippen LogP) is 0.510. The lowest BCUT2D eigenvalue weighted by Crippen LogP contribution is -2.04. The topological polar surface area (TPSA) is 69.9 Å². The number of hydrogen-bond acceptors (Lipinski definition) is 6. The number of hydrogen-bond donors (Lipinski definition) is 0. The molecule has 0 unspecified atom stereocenters. The van der Waals surface area contributed by atoms with Crippen molar-refractivity contribution >= 4 is 17.3 Å². The first-order valence-electron chi connectivity index (χ1n) is 3.71. The van der Waals surface area contributed by atoms with Crippen LogP contribution in [0.4, 0.5) is 0 Å². The first-order valence-corrected chi connectivity index (χ1v) is 4.59. The van der Waals surface area contributed by atoms with Crippen molar-refractivity contribution in [3.05, 3.63) is 23.7 Å². The highest BCUT2D eigenvalue weighted by atomic mass is 32.1. The van der Waals surface area contributed by atoms with Crippen LogP contribution in [0.1, 0.15) is 10.6 Å². The van der Waals surface area contributed by atoms with Gasteiger partial charge in [0.25, 0.3) is 5.82 Å². The molecule has 0 radical (unpaired) electrons. The fourth-order valence-electron chi connectivity index (χ4n) is 0.869. The molecule has 0 aromatic carbocycles. The third-order valence-corrected chi connectivity index (χ3v) is 2.24. The number of ether oxygens (including phenoxy) is 1. The van der Waals surface area contributed by atoms with Crippen LogP contribution in [-0.4, -0.2) is 32.8 Å². The molecule has 0 saturated carbocycles. The van der Waals surface area contributed by atoms with Gasteiger partial charge < -0.3 is 4.74 Å². The summed E-state index contributed by atoms with van der Waals surface area (Å²) in [5.74, 6) is -0.525. The molecule has 0 amide bonds. The second-order valence-electron chi connectivity index (χ2n) is 2.32.